The smallest absolute Gasteiger partial charge is 0.229 e. The lowest BCUT2D eigenvalue weighted by atomic mass is 9.93. The number of hydrogen-bond donors (Lipinski definition) is 2. The van der Waals surface area contributed by atoms with Crippen molar-refractivity contribution in [1.82, 2.24) is 9.97 Å². The number of rotatable bonds is 10. The van der Waals surface area contributed by atoms with Gasteiger partial charge in [0.25, 0.3) is 0 Å². The molecule has 2 aromatic heterocycles. The van der Waals surface area contributed by atoms with Gasteiger partial charge in [0.15, 0.2) is 10.9 Å². The fourth-order valence-electron chi connectivity index (χ4n) is 5.06. The van der Waals surface area contributed by atoms with Crippen molar-refractivity contribution in [2.75, 3.05) is 12.4 Å². The van der Waals surface area contributed by atoms with E-state index in [1.807, 2.05) is 36.5 Å². The number of carbonyl (C=O) groups is 2. The third-order valence-electron chi connectivity index (χ3n) is 7.59. The Labute approximate surface area is 231 Å². The average Bonchev–Trinajstić information content (AvgIpc) is 3.61. The highest BCUT2D eigenvalue weighted by Crippen LogP contribution is 2.35. The number of aromatic amines is 1. The van der Waals surface area contributed by atoms with Crippen LogP contribution in [0.15, 0.2) is 66.9 Å². The zero-order valence-corrected chi connectivity index (χ0v) is 22.9. The van der Waals surface area contributed by atoms with E-state index in [4.69, 9.17) is 4.74 Å². The van der Waals surface area contributed by atoms with Gasteiger partial charge in [-0.3, -0.25) is 9.59 Å². The molecule has 39 heavy (non-hydrogen) atoms. The number of aromatic nitrogens is 2. The number of fused-ring (bicyclic) bond motifs is 2. The molecular formula is C32H31N3O3S. The molecule has 0 radical (unpaired) electrons. The van der Waals surface area contributed by atoms with Crippen LogP contribution in [-0.2, 0) is 4.79 Å². The minimum absolute atomic E-state index is 0.0686. The third kappa shape index (κ3) is 5.45. The van der Waals surface area contributed by atoms with Crippen LogP contribution in [0.1, 0.15) is 60.9 Å². The van der Waals surface area contributed by atoms with Gasteiger partial charge in [-0.2, -0.15) is 0 Å². The van der Waals surface area contributed by atoms with Gasteiger partial charge in [0.1, 0.15) is 5.75 Å². The highest BCUT2D eigenvalue weighted by Gasteiger charge is 2.30. The van der Waals surface area contributed by atoms with E-state index in [9.17, 15) is 9.59 Å². The fraction of sp³-hybridized carbons (Fsp3) is 0.281. The second-order valence-electron chi connectivity index (χ2n) is 10.4. The molecular weight excluding hydrogens is 506 g/mol. The van der Waals surface area contributed by atoms with Gasteiger partial charge < -0.3 is 15.0 Å². The molecule has 0 unspecified atom stereocenters. The van der Waals surface area contributed by atoms with Gasteiger partial charge in [-0.15, -0.1) is 0 Å². The molecule has 1 amide bonds. The van der Waals surface area contributed by atoms with E-state index in [2.05, 4.69) is 52.5 Å². The summed E-state index contributed by atoms with van der Waals surface area (Å²) in [6.45, 7) is 2.20. The Morgan fingerprint density at radius 1 is 1.10 bits per heavy atom. The largest absolute Gasteiger partial charge is 0.497 e. The van der Waals surface area contributed by atoms with Crippen molar-refractivity contribution < 1.29 is 14.3 Å². The molecule has 2 heterocycles. The maximum absolute atomic E-state index is 13.2. The van der Waals surface area contributed by atoms with Crippen molar-refractivity contribution in [3.63, 3.8) is 0 Å². The summed E-state index contributed by atoms with van der Waals surface area (Å²) in [5, 5.41) is 4.54. The first-order valence-electron chi connectivity index (χ1n) is 13.5. The van der Waals surface area contributed by atoms with Crippen LogP contribution in [0.5, 0.6) is 5.75 Å². The Hall–Kier alpha value is -3.97. The number of H-pyrrole nitrogens is 1. The van der Waals surface area contributed by atoms with Crippen molar-refractivity contribution in [1.29, 1.82) is 0 Å². The molecule has 6 rings (SSSR count). The molecule has 6 nitrogen and oxygen atoms in total. The van der Waals surface area contributed by atoms with Crippen LogP contribution in [-0.4, -0.2) is 28.8 Å². The molecule has 5 aromatic rings. The number of hydrogen-bond acceptors (Lipinski definition) is 5. The van der Waals surface area contributed by atoms with E-state index in [1.165, 1.54) is 16.9 Å². The zero-order chi connectivity index (χ0) is 26.9. The molecule has 2 N–H and O–H groups in total. The predicted octanol–water partition coefficient (Wildman–Crippen LogP) is 7.96. The molecule has 0 saturated heterocycles. The number of amides is 1. The second kappa shape index (κ2) is 10.7. The minimum atomic E-state index is 0.0686. The number of anilines is 1. The van der Waals surface area contributed by atoms with Gasteiger partial charge in [0.05, 0.1) is 17.3 Å². The Bertz CT molecular complexity index is 1680. The number of ether oxygens (including phenoxy) is 1. The van der Waals surface area contributed by atoms with Crippen molar-refractivity contribution in [3.05, 3.63) is 78.0 Å². The van der Waals surface area contributed by atoms with Gasteiger partial charge in [-0.1, -0.05) is 42.5 Å². The van der Waals surface area contributed by atoms with E-state index >= 15 is 0 Å². The number of carbonyl (C=O) groups excluding carboxylic acids is 2. The van der Waals surface area contributed by atoms with Gasteiger partial charge in [0, 0.05) is 35.0 Å². The lowest BCUT2D eigenvalue weighted by molar-refractivity contribution is -0.117. The minimum Gasteiger partial charge on any atom is -0.497 e. The number of benzene rings is 3. The van der Waals surface area contributed by atoms with Gasteiger partial charge >= 0.3 is 0 Å². The number of ketones is 1. The van der Waals surface area contributed by atoms with Gasteiger partial charge in [0.2, 0.25) is 5.91 Å². The summed E-state index contributed by atoms with van der Waals surface area (Å²) in [5.74, 6) is 1.59. The molecule has 0 spiro atoms. The summed E-state index contributed by atoms with van der Waals surface area (Å²) >= 11 is 1.49. The van der Waals surface area contributed by atoms with E-state index in [1.54, 1.807) is 7.11 Å². The van der Waals surface area contributed by atoms with Crippen LogP contribution in [0.2, 0.25) is 0 Å². The number of thiazole rings is 1. The summed E-state index contributed by atoms with van der Waals surface area (Å²) in [6, 6.07) is 20.5. The van der Waals surface area contributed by atoms with Crippen molar-refractivity contribution in [3.8, 4) is 16.9 Å². The molecule has 0 aliphatic heterocycles. The number of nitrogens with one attached hydrogen (secondary N) is 2. The van der Waals surface area contributed by atoms with E-state index in [0.717, 1.165) is 69.2 Å². The van der Waals surface area contributed by atoms with Crippen LogP contribution in [0.25, 0.3) is 32.2 Å². The predicted molar refractivity (Wildman–Crippen MR) is 158 cm³/mol. The number of methoxy groups -OCH3 is 1. The first-order chi connectivity index (χ1) is 19.0. The van der Waals surface area contributed by atoms with Crippen molar-refractivity contribution >= 4 is 49.3 Å². The average molecular weight is 538 g/mol. The summed E-state index contributed by atoms with van der Waals surface area (Å²) in [5.41, 5.74) is 5.90. The number of Topliss-reactive ketones (excluding diaryl/α,β-unsaturated/α-hetero) is 1. The maximum Gasteiger partial charge on any atom is 0.229 e. The Morgan fingerprint density at radius 3 is 2.74 bits per heavy atom. The summed E-state index contributed by atoms with van der Waals surface area (Å²) in [7, 11) is 1.68. The van der Waals surface area contributed by atoms with E-state index in [-0.39, 0.29) is 17.6 Å². The molecule has 1 aliphatic carbocycles. The van der Waals surface area contributed by atoms with Crippen LogP contribution in [0, 0.1) is 5.92 Å². The van der Waals surface area contributed by atoms with Crippen LogP contribution in [0.3, 0.4) is 0 Å². The molecule has 198 valence electrons. The Balaban J connectivity index is 1.16. The Morgan fingerprint density at radius 2 is 1.92 bits per heavy atom. The third-order valence-corrected chi connectivity index (χ3v) is 8.52. The summed E-state index contributed by atoms with van der Waals surface area (Å²) in [6.07, 6.45) is 6.04. The maximum atomic E-state index is 13.2. The molecule has 7 heteroatoms. The van der Waals surface area contributed by atoms with Gasteiger partial charge in [-0.05, 0) is 84.7 Å². The molecule has 1 fully saturated rings. The highest BCUT2D eigenvalue weighted by atomic mass is 32.1. The monoisotopic (exact) mass is 537 g/mol. The first-order valence-corrected chi connectivity index (χ1v) is 14.3. The number of nitrogens with zero attached hydrogens (tertiary/aromatic N) is 1. The quantitative estimate of drug-likeness (QED) is 0.177. The van der Waals surface area contributed by atoms with Crippen LogP contribution in [0.4, 0.5) is 5.13 Å². The van der Waals surface area contributed by atoms with E-state index < -0.39 is 0 Å². The van der Waals surface area contributed by atoms with Crippen LogP contribution >= 0.6 is 11.3 Å². The van der Waals surface area contributed by atoms with Crippen LogP contribution < -0.4 is 10.1 Å². The first kappa shape index (κ1) is 25.3. The summed E-state index contributed by atoms with van der Waals surface area (Å²) < 4.78 is 6.37. The van der Waals surface area contributed by atoms with E-state index in [0.29, 0.717) is 17.5 Å². The molecule has 0 bridgehead atoms. The summed E-state index contributed by atoms with van der Waals surface area (Å²) in [4.78, 5) is 33.2. The normalized spacial score (nSPS) is 14.0. The van der Waals surface area contributed by atoms with Crippen molar-refractivity contribution in [2.24, 2.45) is 5.92 Å². The molecule has 1 aliphatic rings. The highest BCUT2D eigenvalue weighted by molar-refractivity contribution is 7.22. The molecule has 1 atom stereocenters. The zero-order valence-electron chi connectivity index (χ0n) is 22.1. The SMILES string of the molecule is COc1cccc([C@@H](C)CCCC(=O)c2c[nH]c3ccc(-c4ccc5nc(NC(=O)C6CC6)sc5c4)cc23)c1. The molecule has 3 aromatic carbocycles. The fourth-order valence-corrected chi connectivity index (χ4v) is 5.97. The van der Waals surface area contributed by atoms with Gasteiger partial charge in [-0.25, -0.2) is 4.98 Å². The molecule has 1 saturated carbocycles. The topological polar surface area (TPSA) is 84.1 Å². The lowest BCUT2D eigenvalue weighted by Crippen LogP contribution is -2.12. The van der Waals surface area contributed by atoms with Crippen molar-refractivity contribution in [2.45, 2.75) is 44.9 Å². The second-order valence-corrected chi connectivity index (χ2v) is 11.5. The lowest BCUT2D eigenvalue weighted by Gasteiger charge is -2.12. The standard InChI is InChI=1S/C32H31N3O3S/c1-19(21-6-4-7-24(15-21)38-2)5-3-8-29(36)26-18-33-27-13-11-22(16-25(26)27)23-12-14-28-30(17-23)39-32(34-28)35-31(37)20-9-10-20/h4,6-7,11-20,33H,3,5,8-10H2,1-2H3,(H,34,35,37)/t19-/m0/s1. The Kier molecular flexibility index (Phi) is 6.92.